The number of cyclic esters (lactones) is 1. The van der Waals surface area contributed by atoms with Crippen molar-refractivity contribution >= 4 is 5.97 Å². The maximum Gasteiger partial charge on any atom is 0.340 e. The van der Waals surface area contributed by atoms with Gasteiger partial charge in [-0.2, -0.15) is 0 Å². The summed E-state index contributed by atoms with van der Waals surface area (Å²) in [5.74, 6) is -0.275. The topological polar surface area (TPSA) is 39.2 Å². The molecule has 84 valence electrons. The minimum atomic E-state index is -0.275. The van der Waals surface area contributed by atoms with Crippen LogP contribution in [0.5, 0.6) is 0 Å². The number of rotatable bonds is 1. The fraction of sp³-hybridized carbons (Fsp3) is 0.143. The standard InChI is InChI=1S/C14H11NO2/c1-9-4-2-3-5-11(9)10-6-12-13(15-7-10)8-17-14(12)16/h2-7H,8H2,1H3. The molecule has 0 spiro atoms. The van der Waals surface area contributed by atoms with Crippen LogP contribution in [0.3, 0.4) is 0 Å². The molecule has 1 aromatic carbocycles. The molecule has 3 rings (SSSR count). The highest BCUT2D eigenvalue weighted by molar-refractivity contribution is 5.94. The Kier molecular flexibility index (Phi) is 2.18. The van der Waals surface area contributed by atoms with Crippen LogP contribution >= 0.6 is 0 Å². The number of aryl methyl sites for hydroxylation is 1. The van der Waals surface area contributed by atoms with Crippen molar-refractivity contribution in [3.63, 3.8) is 0 Å². The van der Waals surface area contributed by atoms with Crippen molar-refractivity contribution in [2.75, 3.05) is 0 Å². The van der Waals surface area contributed by atoms with Crippen LogP contribution in [0.1, 0.15) is 21.6 Å². The zero-order valence-electron chi connectivity index (χ0n) is 9.43. The van der Waals surface area contributed by atoms with Gasteiger partial charge >= 0.3 is 5.97 Å². The number of hydrogen-bond acceptors (Lipinski definition) is 3. The van der Waals surface area contributed by atoms with Gasteiger partial charge in [0.15, 0.2) is 0 Å². The van der Waals surface area contributed by atoms with Crippen LogP contribution in [0.2, 0.25) is 0 Å². The van der Waals surface area contributed by atoms with Crippen LogP contribution in [-0.4, -0.2) is 11.0 Å². The Morgan fingerprint density at radius 2 is 2.06 bits per heavy atom. The van der Waals surface area contributed by atoms with Gasteiger partial charge in [0.1, 0.15) is 6.61 Å². The van der Waals surface area contributed by atoms with Gasteiger partial charge in [0, 0.05) is 11.8 Å². The van der Waals surface area contributed by atoms with E-state index < -0.39 is 0 Å². The van der Waals surface area contributed by atoms with E-state index in [2.05, 4.69) is 4.98 Å². The predicted molar refractivity (Wildman–Crippen MR) is 63.5 cm³/mol. The van der Waals surface area contributed by atoms with Gasteiger partial charge in [0.25, 0.3) is 0 Å². The smallest absolute Gasteiger partial charge is 0.340 e. The highest BCUT2D eigenvalue weighted by Crippen LogP contribution is 2.26. The van der Waals surface area contributed by atoms with E-state index in [1.165, 1.54) is 5.56 Å². The monoisotopic (exact) mass is 225 g/mol. The van der Waals surface area contributed by atoms with E-state index in [9.17, 15) is 4.79 Å². The third-order valence-electron chi connectivity index (χ3n) is 2.99. The number of fused-ring (bicyclic) bond motifs is 1. The van der Waals surface area contributed by atoms with Gasteiger partial charge in [-0.25, -0.2) is 4.79 Å². The Labute approximate surface area is 99.1 Å². The Balaban J connectivity index is 2.15. The maximum absolute atomic E-state index is 11.5. The van der Waals surface area contributed by atoms with E-state index in [1.54, 1.807) is 6.20 Å². The molecule has 2 heterocycles. The number of nitrogens with zero attached hydrogens (tertiary/aromatic N) is 1. The summed E-state index contributed by atoms with van der Waals surface area (Å²) < 4.78 is 4.94. The van der Waals surface area contributed by atoms with Gasteiger partial charge < -0.3 is 4.74 Å². The van der Waals surface area contributed by atoms with Crippen LogP contribution < -0.4 is 0 Å². The average Bonchev–Trinajstić information content (AvgIpc) is 2.71. The second-order valence-electron chi connectivity index (χ2n) is 4.11. The average molecular weight is 225 g/mol. The fourth-order valence-corrected chi connectivity index (χ4v) is 2.04. The van der Waals surface area contributed by atoms with E-state index >= 15 is 0 Å². The number of hydrogen-bond donors (Lipinski definition) is 0. The van der Waals surface area contributed by atoms with Crippen LogP contribution in [0.4, 0.5) is 0 Å². The molecule has 0 bridgehead atoms. The van der Waals surface area contributed by atoms with Crippen molar-refractivity contribution in [3.05, 3.63) is 53.3 Å². The van der Waals surface area contributed by atoms with E-state index in [0.29, 0.717) is 12.2 Å². The first-order valence-corrected chi connectivity index (χ1v) is 5.48. The van der Waals surface area contributed by atoms with Crippen molar-refractivity contribution in [2.24, 2.45) is 0 Å². The lowest BCUT2D eigenvalue weighted by Crippen LogP contribution is -1.95. The van der Waals surface area contributed by atoms with Crippen LogP contribution in [0.25, 0.3) is 11.1 Å². The van der Waals surface area contributed by atoms with Crippen molar-refractivity contribution in [1.82, 2.24) is 4.98 Å². The molecule has 0 aliphatic carbocycles. The first kappa shape index (κ1) is 10.0. The Bertz CT molecular complexity index is 605. The summed E-state index contributed by atoms with van der Waals surface area (Å²) in [4.78, 5) is 15.8. The summed E-state index contributed by atoms with van der Waals surface area (Å²) >= 11 is 0. The number of aromatic nitrogens is 1. The van der Waals surface area contributed by atoms with E-state index in [-0.39, 0.29) is 5.97 Å². The summed E-state index contributed by atoms with van der Waals surface area (Å²) in [6, 6.07) is 9.90. The molecule has 3 nitrogen and oxygen atoms in total. The molecule has 1 aromatic heterocycles. The Morgan fingerprint density at radius 1 is 1.24 bits per heavy atom. The van der Waals surface area contributed by atoms with Crippen molar-refractivity contribution in [2.45, 2.75) is 13.5 Å². The molecule has 2 aromatic rings. The normalized spacial score (nSPS) is 13.4. The molecular weight excluding hydrogens is 214 g/mol. The number of pyridine rings is 1. The van der Waals surface area contributed by atoms with E-state index in [0.717, 1.165) is 16.8 Å². The number of carbonyl (C=O) groups is 1. The summed E-state index contributed by atoms with van der Waals surface area (Å²) in [5.41, 5.74) is 4.54. The molecule has 0 fully saturated rings. The van der Waals surface area contributed by atoms with Crippen molar-refractivity contribution in [1.29, 1.82) is 0 Å². The molecule has 3 heteroatoms. The van der Waals surface area contributed by atoms with Gasteiger partial charge in [-0.3, -0.25) is 4.98 Å². The molecule has 17 heavy (non-hydrogen) atoms. The Morgan fingerprint density at radius 3 is 2.88 bits per heavy atom. The number of esters is 1. The lowest BCUT2D eigenvalue weighted by Gasteiger charge is -2.05. The van der Waals surface area contributed by atoms with E-state index in [1.807, 2.05) is 37.3 Å². The summed E-state index contributed by atoms with van der Waals surface area (Å²) in [6.45, 7) is 2.34. The molecule has 0 saturated heterocycles. The zero-order chi connectivity index (χ0) is 11.8. The van der Waals surface area contributed by atoms with E-state index in [4.69, 9.17) is 4.74 Å². The molecule has 0 saturated carbocycles. The fourth-order valence-electron chi connectivity index (χ4n) is 2.04. The van der Waals surface area contributed by atoms with Crippen LogP contribution in [0, 0.1) is 6.92 Å². The zero-order valence-corrected chi connectivity index (χ0v) is 9.43. The van der Waals surface area contributed by atoms with Gasteiger partial charge in [-0.05, 0) is 24.1 Å². The minimum Gasteiger partial charge on any atom is -0.456 e. The van der Waals surface area contributed by atoms with Gasteiger partial charge in [-0.15, -0.1) is 0 Å². The second-order valence-corrected chi connectivity index (χ2v) is 4.11. The molecule has 0 atom stereocenters. The third kappa shape index (κ3) is 1.60. The Hall–Kier alpha value is -2.16. The lowest BCUT2D eigenvalue weighted by atomic mass is 10.0. The summed E-state index contributed by atoms with van der Waals surface area (Å²) in [6.07, 6.45) is 1.79. The molecule has 0 radical (unpaired) electrons. The maximum atomic E-state index is 11.5. The second kappa shape index (κ2) is 3.70. The number of ether oxygens (including phenoxy) is 1. The SMILES string of the molecule is Cc1ccccc1-c1cnc2c(c1)C(=O)OC2. The summed E-state index contributed by atoms with van der Waals surface area (Å²) in [7, 11) is 0. The van der Waals surface area contributed by atoms with Crippen molar-refractivity contribution < 1.29 is 9.53 Å². The quantitative estimate of drug-likeness (QED) is 0.700. The molecule has 1 aliphatic rings. The molecule has 1 aliphatic heterocycles. The minimum absolute atomic E-state index is 0.275. The van der Waals surface area contributed by atoms with Gasteiger partial charge in [0.2, 0.25) is 0 Å². The van der Waals surface area contributed by atoms with Crippen LogP contribution in [0.15, 0.2) is 36.5 Å². The van der Waals surface area contributed by atoms with Crippen molar-refractivity contribution in [3.8, 4) is 11.1 Å². The first-order valence-electron chi connectivity index (χ1n) is 5.48. The highest BCUT2D eigenvalue weighted by Gasteiger charge is 2.22. The first-order chi connectivity index (χ1) is 8.25. The van der Waals surface area contributed by atoms with Gasteiger partial charge in [-0.1, -0.05) is 24.3 Å². The molecule has 0 amide bonds. The van der Waals surface area contributed by atoms with Crippen LogP contribution in [-0.2, 0) is 11.3 Å². The highest BCUT2D eigenvalue weighted by atomic mass is 16.5. The summed E-state index contributed by atoms with van der Waals surface area (Å²) in [5, 5.41) is 0. The largest absolute Gasteiger partial charge is 0.456 e. The predicted octanol–water partition coefficient (Wildman–Crippen LogP) is 2.73. The number of carbonyl (C=O) groups excluding carboxylic acids is 1. The third-order valence-corrected chi connectivity index (χ3v) is 2.99. The number of benzene rings is 1. The molecule has 0 N–H and O–H groups in total. The molecule has 0 unspecified atom stereocenters. The lowest BCUT2D eigenvalue weighted by molar-refractivity contribution is 0.0533. The molecular formula is C14H11NO2. The van der Waals surface area contributed by atoms with Gasteiger partial charge in [0.05, 0.1) is 11.3 Å².